The van der Waals surface area contributed by atoms with E-state index in [1.54, 1.807) is 24.0 Å². The van der Waals surface area contributed by atoms with Gasteiger partial charge in [0.1, 0.15) is 11.3 Å². The van der Waals surface area contributed by atoms with E-state index < -0.39 is 11.9 Å². The van der Waals surface area contributed by atoms with Gasteiger partial charge in [-0.05, 0) is 42.3 Å². The lowest BCUT2D eigenvalue weighted by atomic mass is 10.0. The zero-order valence-corrected chi connectivity index (χ0v) is 17.5. The Morgan fingerprint density at radius 3 is 2.63 bits per heavy atom. The smallest absolute Gasteiger partial charge is 0.150 e. The van der Waals surface area contributed by atoms with Crippen molar-refractivity contribution in [3.05, 3.63) is 87.9 Å². The number of benzene rings is 2. The van der Waals surface area contributed by atoms with E-state index >= 15 is 0 Å². The molecule has 2 aromatic carbocycles. The fourth-order valence-corrected chi connectivity index (χ4v) is 3.96. The van der Waals surface area contributed by atoms with Crippen LogP contribution in [0.15, 0.2) is 60.9 Å². The standard InChI is InChI=1S/C23H16Cl2FN3O/c1-14(22-18(24)6-7-19(26)23(22)25)30-29-11-9-20-21(29)12-17(13-28-20)16-4-2-15(3-5-16)8-10-27/h2-7,9,11-14H,8H2,1H3. The van der Waals surface area contributed by atoms with Gasteiger partial charge in [0, 0.05) is 28.5 Å². The summed E-state index contributed by atoms with van der Waals surface area (Å²) in [6.45, 7) is 1.75. The molecule has 0 radical (unpaired) electrons. The Morgan fingerprint density at radius 1 is 1.13 bits per heavy atom. The van der Waals surface area contributed by atoms with Crippen molar-refractivity contribution in [3.63, 3.8) is 0 Å². The van der Waals surface area contributed by atoms with E-state index in [-0.39, 0.29) is 5.02 Å². The zero-order valence-electron chi connectivity index (χ0n) is 15.9. The summed E-state index contributed by atoms with van der Waals surface area (Å²) in [4.78, 5) is 10.5. The van der Waals surface area contributed by atoms with Gasteiger partial charge in [0.15, 0.2) is 6.10 Å². The van der Waals surface area contributed by atoms with Gasteiger partial charge in [0.25, 0.3) is 0 Å². The fraction of sp³-hybridized carbons (Fsp3) is 0.130. The quantitative estimate of drug-likeness (QED) is 0.337. The summed E-state index contributed by atoms with van der Waals surface area (Å²) < 4.78 is 15.5. The first-order valence-corrected chi connectivity index (χ1v) is 9.97. The molecule has 0 aliphatic carbocycles. The summed E-state index contributed by atoms with van der Waals surface area (Å²) in [6, 6.07) is 16.4. The summed E-state index contributed by atoms with van der Waals surface area (Å²) in [7, 11) is 0. The van der Waals surface area contributed by atoms with Crippen molar-refractivity contribution in [2.45, 2.75) is 19.4 Å². The molecule has 4 rings (SSSR count). The molecule has 4 aromatic rings. The van der Waals surface area contributed by atoms with Gasteiger partial charge in [-0.2, -0.15) is 9.99 Å². The number of nitriles is 1. The molecule has 2 aromatic heterocycles. The Balaban J connectivity index is 1.67. The molecule has 1 unspecified atom stereocenters. The summed E-state index contributed by atoms with van der Waals surface area (Å²) in [5.41, 5.74) is 4.73. The van der Waals surface area contributed by atoms with E-state index in [1.807, 2.05) is 36.4 Å². The van der Waals surface area contributed by atoms with E-state index in [0.29, 0.717) is 17.0 Å². The van der Waals surface area contributed by atoms with Gasteiger partial charge in [0.05, 0.1) is 23.0 Å². The summed E-state index contributed by atoms with van der Waals surface area (Å²) in [5.74, 6) is -0.548. The van der Waals surface area contributed by atoms with Crippen molar-refractivity contribution < 1.29 is 9.23 Å². The van der Waals surface area contributed by atoms with Gasteiger partial charge in [-0.1, -0.05) is 47.5 Å². The maximum atomic E-state index is 13.9. The highest BCUT2D eigenvalue weighted by Gasteiger charge is 2.20. The predicted molar refractivity (Wildman–Crippen MR) is 116 cm³/mol. The first-order valence-electron chi connectivity index (χ1n) is 9.22. The minimum atomic E-state index is -0.592. The van der Waals surface area contributed by atoms with Crippen molar-refractivity contribution in [1.82, 2.24) is 9.71 Å². The zero-order chi connectivity index (χ0) is 21.3. The lowest BCUT2D eigenvalue weighted by molar-refractivity contribution is 0.0562. The third-order valence-electron chi connectivity index (χ3n) is 4.83. The predicted octanol–water partition coefficient (Wildman–Crippen LogP) is 6.41. The van der Waals surface area contributed by atoms with Crippen LogP contribution < -0.4 is 4.84 Å². The molecule has 0 amide bonds. The van der Waals surface area contributed by atoms with Gasteiger partial charge in [0.2, 0.25) is 0 Å². The molecule has 0 saturated carbocycles. The number of rotatable bonds is 5. The van der Waals surface area contributed by atoms with Crippen LogP contribution in [0.25, 0.3) is 22.2 Å². The first-order chi connectivity index (χ1) is 14.5. The second-order valence-electron chi connectivity index (χ2n) is 6.81. The van der Waals surface area contributed by atoms with Crippen LogP contribution >= 0.6 is 23.2 Å². The second-order valence-corrected chi connectivity index (χ2v) is 7.59. The van der Waals surface area contributed by atoms with Crippen molar-refractivity contribution in [2.75, 3.05) is 0 Å². The number of fused-ring (bicyclic) bond motifs is 1. The normalized spacial score (nSPS) is 12.0. The molecule has 2 heterocycles. The summed E-state index contributed by atoms with van der Waals surface area (Å²) in [6.07, 6.45) is 3.31. The number of pyridine rings is 1. The number of hydrogen-bond acceptors (Lipinski definition) is 3. The molecule has 150 valence electrons. The minimum Gasteiger partial charge on any atom is -0.406 e. The van der Waals surface area contributed by atoms with Crippen LogP contribution in [0.5, 0.6) is 0 Å². The maximum Gasteiger partial charge on any atom is 0.150 e. The van der Waals surface area contributed by atoms with Crippen LogP contribution in [0.2, 0.25) is 10.0 Å². The van der Waals surface area contributed by atoms with Gasteiger partial charge >= 0.3 is 0 Å². The Morgan fingerprint density at radius 2 is 1.90 bits per heavy atom. The van der Waals surface area contributed by atoms with Crippen LogP contribution in [0, 0.1) is 17.1 Å². The molecule has 7 heteroatoms. The summed E-state index contributed by atoms with van der Waals surface area (Å²) >= 11 is 12.3. The number of hydrogen-bond donors (Lipinski definition) is 0. The monoisotopic (exact) mass is 439 g/mol. The SMILES string of the molecule is CC(On1ccc2ncc(-c3ccc(CC#N)cc3)cc21)c1c(Cl)ccc(F)c1Cl. The molecule has 0 N–H and O–H groups in total. The van der Waals surface area contributed by atoms with E-state index in [1.165, 1.54) is 12.1 Å². The van der Waals surface area contributed by atoms with Gasteiger partial charge in [-0.25, -0.2) is 4.39 Å². The largest absolute Gasteiger partial charge is 0.406 e. The van der Waals surface area contributed by atoms with Crippen molar-refractivity contribution in [1.29, 1.82) is 5.26 Å². The topological polar surface area (TPSA) is 50.8 Å². The van der Waals surface area contributed by atoms with Crippen LogP contribution in [0.1, 0.15) is 24.2 Å². The van der Waals surface area contributed by atoms with E-state index in [0.717, 1.165) is 27.7 Å². The maximum absolute atomic E-state index is 13.9. The van der Waals surface area contributed by atoms with Crippen molar-refractivity contribution >= 4 is 34.2 Å². The number of aromatic nitrogens is 2. The molecule has 0 saturated heterocycles. The van der Waals surface area contributed by atoms with Crippen LogP contribution in [-0.2, 0) is 6.42 Å². The highest BCUT2D eigenvalue weighted by Crippen LogP contribution is 2.33. The van der Waals surface area contributed by atoms with Crippen molar-refractivity contribution in [3.8, 4) is 17.2 Å². The number of halogens is 3. The molecular weight excluding hydrogens is 424 g/mol. The van der Waals surface area contributed by atoms with Crippen molar-refractivity contribution in [2.24, 2.45) is 0 Å². The molecule has 0 spiro atoms. The third kappa shape index (κ3) is 3.85. The third-order valence-corrected chi connectivity index (χ3v) is 5.54. The molecule has 0 aliphatic heterocycles. The second kappa shape index (κ2) is 8.35. The molecule has 30 heavy (non-hydrogen) atoms. The average molecular weight is 440 g/mol. The Hall–Kier alpha value is -3.07. The highest BCUT2D eigenvalue weighted by molar-refractivity contribution is 6.36. The van der Waals surface area contributed by atoms with Gasteiger partial charge < -0.3 is 4.84 Å². The molecule has 0 aliphatic rings. The summed E-state index contributed by atoms with van der Waals surface area (Å²) in [5, 5.41) is 9.10. The lowest BCUT2D eigenvalue weighted by Crippen LogP contribution is -2.16. The highest BCUT2D eigenvalue weighted by atomic mass is 35.5. The molecule has 1 atom stereocenters. The number of nitrogens with zero attached hydrogens (tertiary/aromatic N) is 3. The fourth-order valence-electron chi connectivity index (χ4n) is 3.28. The van der Waals surface area contributed by atoms with Gasteiger partial charge in [-0.3, -0.25) is 4.98 Å². The van der Waals surface area contributed by atoms with E-state index in [2.05, 4.69) is 11.1 Å². The Bertz CT molecular complexity index is 1260. The van der Waals surface area contributed by atoms with Crippen LogP contribution in [0.4, 0.5) is 4.39 Å². The Kier molecular flexibility index (Phi) is 5.63. The van der Waals surface area contributed by atoms with E-state index in [4.69, 9.17) is 33.3 Å². The molecule has 4 nitrogen and oxygen atoms in total. The first kappa shape index (κ1) is 20.2. The van der Waals surface area contributed by atoms with Crippen LogP contribution in [-0.4, -0.2) is 9.71 Å². The lowest BCUT2D eigenvalue weighted by Gasteiger charge is -2.19. The molecule has 0 bridgehead atoms. The molecule has 0 fully saturated rings. The van der Waals surface area contributed by atoms with Crippen LogP contribution in [0.3, 0.4) is 0 Å². The van der Waals surface area contributed by atoms with E-state index in [9.17, 15) is 4.39 Å². The molecular formula is C23H16Cl2FN3O. The van der Waals surface area contributed by atoms with Gasteiger partial charge in [-0.15, -0.1) is 0 Å². The average Bonchev–Trinajstić information content (AvgIpc) is 3.14. The minimum absolute atomic E-state index is 0.0530. The Labute approximate surface area is 183 Å².